The highest BCUT2D eigenvalue weighted by Crippen LogP contribution is 2.12. The van der Waals surface area contributed by atoms with E-state index in [0.29, 0.717) is 11.0 Å². The maximum atomic E-state index is 13.2. The molecule has 0 radical (unpaired) electrons. The van der Waals surface area contributed by atoms with Crippen molar-refractivity contribution in [1.29, 1.82) is 0 Å². The summed E-state index contributed by atoms with van der Waals surface area (Å²) in [6, 6.07) is 6.55. The highest BCUT2D eigenvalue weighted by Gasteiger charge is 2.12. The number of carbonyl (C=O) groups is 1. The summed E-state index contributed by atoms with van der Waals surface area (Å²) < 4.78 is 14.0. The van der Waals surface area contributed by atoms with Crippen LogP contribution in [0, 0.1) is 0 Å². The van der Waals surface area contributed by atoms with Gasteiger partial charge in [0.15, 0.2) is 6.29 Å². The first-order valence-electron chi connectivity index (χ1n) is 4.29. The molecule has 1 unspecified atom stereocenters. The minimum atomic E-state index is -1.97. The Morgan fingerprint density at radius 2 is 2.13 bits per heavy atom. The second-order valence-corrected chi connectivity index (χ2v) is 2.96. The molecule has 1 aromatic heterocycles. The fraction of sp³-hybridized carbons (Fsp3) is 0.100. The van der Waals surface area contributed by atoms with Gasteiger partial charge in [-0.3, -0.25) is 14.2 Å². The first-order chi connectivity index (χ1) is 7.24. The molecule has 0 aliphatic heterocycles. The number of benzene rings is 1. The summed E-state index contributed by atoms with van der Waals surface area (Å²) in [7, 11) is 0. The number of alkyl halides is 1. The van der Waals surface area contributed by atoms with Crippen molar-refractivity contribution in [2.45, 2.75) is 6.30 Å². The molecule has 1 atom stereocenters. The van der Waals surface area contributed by atoms with Gasteiger partial charge in [-0.15, -0.1) is 0 Å². The van der Waals surface area contributed by atoms with Gasteiger partial charge in [0.25, 0.3) is 5.56 Å². The highest BCUT2D eigenvalue weighted by molar-refractivity contribution is 5.75. The van der Waals surface area contributed by atoms with Gasteiger partial charge in [0.05, 0.1) is 17.2 Å². The molecule has 0 fully saturated rings. The fourth-order valence-electron chi connectivity index (χ4n) is 1.40. The van der Waals surface area contributed by atoms with Crippen LogP contribution in [0.3, 0.4) is 0 Å². The number of aldehydes is 1. The van der Waals surface area contributed by atoms with Crippen LogP contribution >= 0.6 is 0 Å². The molecule has 0 aliphatic rings. The van der Waals surface area contributed by atoms with Crippen LogP contribution < -0.4 is 5.56 Å². The number of rotatable bonds is 2. The summed E-state index contributed by atoms with van der Waals surface area (Å²) in [4.78, 5) is 25.5. The number of hydrogen-bond donors (Lipinski definition) is 0. The zero-order valence-corrected chi connectivity index (χ0v) is 7.63. The summed E-state index contributed by atoms with van der Waals surface area (Å²) in [6.07, 6.45) is -0.892. The van der Waals surface area contributed by atoms with Gasteiger partial charge >= 0.3 is 0 Å². The lowest BCUT2D eigenvalue weighted by Gasteiger charge is -2.08. The van der Waals surface area contributed by atoms with Gasteiger partial charge in [-0.1, -0.05) is 12.1 Å². The van der Waals surface area contributed by atoms with E-state index in [4.69, 9.17) is 0 Å². The van der Waals surface area contributed by atoms with Crippen molar-refractivity contribution in [3.63, 3.8) is 0 Å². The molecule has 0 saturated heterocycles. The van der Waals surface area contributed by atoms with Crippen molar-refractivity contribution in [1.82, 2.24) is 9.55 Å². The number of para-hydroxylation sites is 2. The average Bonchev–Trinajstić information content (AvgIpc) is 2.28. The second kappa shape index (κ2) is 3.61. The van der Waals surface area contributed by atoms with Gasteiger partial charge < -0.3 is 0 Å². The standard InChI is InChI=1S/C10H7FN2O2/c11-9(6-14)13-8-4-2-1-3-7(8)12-5-10(13)15/h1-6,9H. The van der Waals surface area contributed by atoms with E-state index in [1.807, 2.05) is 0 Å². The molecule has 2 rings (SSSR count). The normalized spacial score (nSPS) is 12.6. The van der Waals surface area contributed by atoms with Gasteiger partial charge in [0, 0.05) is 0 Å². The maximum absolute atomic E-state index is 13.2. The molecule has 4 nitrogen and oxygen atoms in total. The van der Waals surface area contributed by atoms with Crippen LogP contribution in [-0.4, -0.2) is 15.8 Å². The lowest BCUT2D eigenvalue weighted by atomic mass is 10.3. The van der Waals surface area contributed by atoms with E-state index in [1.54, 1.807) is 24.3 Å². The molecule has 0 N–H and O–H groups in total. The van der Waals surface area contributed by atoms with Crippen molar-refractivity contribution in [2.75, 3.05) is 0 Å². The third-order valence-corrected chi connectivity index (χ3v) is 2.05. The summed E-state index contributed by atoms with van der Waals surface area (Å²) in [5.74, 6) is 0. The van der Waals surface area contributed by atoms with Gasteiger partial charge in [-0.25, -0.2) is 9.37 Å². The highest BCUT2D eigenvalue weighted by atomic mass is 19.1. The lowest BCUT2D eigenvalue weighted by Crippen LogP contribution is -2.23. The summed E-state index contributed by atoms with van der Waals surface area (Å²) in [6.45, 7) is 0. The maximum Gasteiger partial charge on any atom is 0.272 e. The molecule has 2 aromatic rings. The topological polar surface area (TPSA) is 52.0 Å². The Labute approximate surface area is 84.0 Å². The minimum Gasteiger partial charge on any atom is -0.298 e. The molecule has 5 heteroatoms. The van der Waals surface area contributed by atoms with E-state index >= 15 is 0 Å². The van der Waals surface area contributed by atoms with Crippen LogP contribution in [0.2, 0.25) is 0 Å². The zero-order chi connectivity index (χ0) is 10.8. The Morgan fingerprint density at radius 3 is 2.87 bits per heavy atom. The molecule has 76 valence electrons. The summed E-state index contributed by atoms with van der Waals surface area (Å²) in [5, 5.41) is 0. The van der Waals surface area contributed by atoms with Gasteiger partial charge in [0.2, 0.25) is 6.30 Å². The smallest absolute Gasteiger partial charge is 0.272 e. The Morgan fingerprint density at radius 1 is 1.40 bits per heavy atom. The monoisotopic (exact) mass is 206 g/mol. The zero-order valence-electron chi connectivity index (χ0n) is 7.63. The van der Waals surface area contributed by atoms with Gasteiger partial charge in [-0.05, 0) is 12.1 Å². The number of aromatic nitrogens is 2. The Bertz CT molecular complexity index is 565. The predicted molar refractivity (Wildman–Crippen MR) is 52.2 cm³/mol. The van der Waals surface area contributed by atoms with E-state index in [2.05, 4.69) is 4.98 Å². The van der Waals surface area contributed by atoms with Gasteiger partial charge in [0.1, 0.15) is 0 Å². The van der Waals surface area contributed by atoms with Crippen molar-refractivity contribution in [3.05, 3.63) is 40.8 Å². The SMILES string of the molecule is O=CC(F)n1c(=O)cnc2ccccc21. The van der Waals surface area contributed by atoms with Crippen LogP contribution in [0.25, 0.3) is 11.0 Å². The summed E-state index contributed by atoms with van der Waals surface area (Å²) >= 11 is 0. The molecular weight excluding hydrogens is 199 g/mol. The number of fused-ring (bicyclic) bond motifs is 1. The van der Waals surface area contributed by atoms with Gasteiger partial charge in [-0.2, -0.15) is 0 Å². The first-order valence-corrected chi connectivity index (χ1v) is 4.29. The quantitative estimate of drug-likeness (QED) is 0.690. The number of nitrogens with zero attached hydrogens (tertiary/aromatic N) is 2. The van der Waals surface area contributed by atoms with Crippen LogP contribution in [0.15, 0.2) is 35.3 Å². The number of halogens is 1. The van der Waals surface area contributed by atoms with Crippen LogP contribution in [0.5, 0.6) is 0 Å². The third kappa shape index (κ3) is 1.52. The Balaban J connectivity index is 2.85. The van der Waals surface area contributed by atoms with E-state index in [-0.39, 0.29) is 6.29 Å². The third-order valence-electron chi connectivity index (χ3n) is 2.05. The number of carbonyl (C=O) groups excluding carboxylic acids is 1. The molecular formula is C10H7FN2O2. The molecule has 0 saturated carbocycles. The first kappa shape index (κ1) is 9.51. The molecule has 0 aliphatic carbocycles. The predicted octanol–water partition coefficient (Wildman–Crippen LogP) is 1.06. The largest absolute Gasteiger partial charge is 0.298 e. The molecule has 15 heavy (non-hydrogen) atoms. The van der Waals surface area contributed by atoms with E-state index in [9.17, 15) is 14.0 Å². The van der Waals surface area contributed by atoms with E-state index < -0.39 is 11.9 Å². The Hall–Kier alpha value is -2.04. The lowest BCUT2D eigenvalue weighted by molar-refractivity contribution is -0.114. The van der Waals surface area contributed by atoms with Crippen molar-refractivity contribution >= 4 is 17.3 Å². The van der Waals surface area contributed by atoms with Crippen molar-refractivity contribution < 1.29 is 9.18 Å². The second-order valence-electron chi connectivity index (χ2n) is 2.96. The summed E-state index contributed by atoms with van der Waals surface area (Å²) in [5.41, 5.74) is 0.152. The van der Waals surface area contributed by atoms with Crippen LogP contribution in [0.4, 0.5) is 4.39 Å². The van der Waals surface area contributed by atoms with E-state index in [1.165, 1.54) is 0 Å². The fourth-order valence-corrected chi connectivity index (χ4v) is 1.40. The minimum absolute atomic E-state index is 0.0772. The molecule has 0 amide bonds. The average molecular weight is 206 g/mol. The van der Waals surface area contributed by atoms with Crippen molar-refractivity contribution in [3.8, 4) is 0 Å². The molecule has 0 spiro atoms. The van der Waals surface area contributed by atoms with Crippen LogP contribution in [0.1, 0.15) is 6.30 Å². The van der Waals surface area contributed by atoms with Crippen LogP contribution in [-0.2, 0) is 4.79 Å². The van der Waals surface area contributed by atoms with E-state index in [0.717, 1.165) is 10.8 Å². The Kier molecular flexibility index (Phi) is 2.29. The number of hydrogen-bond acceptors (Lipinski definition) is 3. The molecule has 0 bridgehead atoms. The molecule has 1 aromatic carbocycles. The molecule has 1 heterocycles. The van der Waals surface area contributed by atoms with Crippen molar-refractivity contribution in [2.24, 2.45) is 0 Å².